The van der Waals surface area contributed by atoms with E-state index in [4.69, 9.17) is 4.42 Å². The van der Waals surface area contributed by atoms with Crippen LogP contribution in [0.2, 0.25) is 0 Å². The lowest BCUT2D eigenvalue weighted by Crippen LogP contribution is -2.43. The fourth-order valence-corrected chi connectivity index (χ4v) is 4.30. The Balaban J connectivity index is 1.30. The highest BCUT2D eigenvalue weighted by atomic mass is 16.3. The Morgan fingerprint density at radius 3 is 2.57 bits per heavy atom. The van der Waals surface area contributed by atoms with Gasteiger partial charge < -0.3 is 19.3 Å². The molecule has 0 spiro atoms. The number of hydrogen-bond acceptors (Lipinski definition) is 4. The molecule has 2 atom stereocenters. The van der Waals surface area contributed by atoms with Gasteiger partial charge >= 0.3 is 0 Å². The number of benzene rings is 1. The summed E-state index contributed by atoms with van der Waals surface area (Å²) in [6.07, 6.45) is 2.92. The molecule has 1 N–H and O–H groups in total. The first-order valence-corrected chi connectivity index (χ1v) is 9.94. The predicted octanol–water partition coefficient (Wildman–Crippen LogP) is 2.60. The maximum atomic E-state index is 12.9. The lowest BCUT2D eigenvalue weighted by molar-refractivity contribution is -0.137. The molecule has 2 aliphatic rings. The Morgan fingerprint density at radius 1 is 1.14 bits per heavy atom. The molecule has 148 valence electrons. The fraction of sp³-hybridized carbons (Fsp3) is 0.455. The molecule has 4 rings (SSSR count). The summed E-state index contributed by atoms with van der Waals surface area (Å²) in [7, 11) is 0. The predicted molar refractivity (Wildman–Crippen MR) is 103 cm³/mol. The molecule has 6 heteroatoms. The Morgan fingerprint density at radius 2 is 1.89 bits per heavy atom. The van der Waals surface area contributed by atoms with Gasteiger partial charge in [0.25, 0.3) is 0 Å². The summed E-state index contributed by atoms with van der Waals surface area (Å²) in [5, 5.41) is 10.6. The smallest absolute Gasteiger partial charge is 0.227 e. The Bertz CT molecular complexity index is 797. The molecule has 2 unspecified atom stereocenters. The van der Waals surface area contributed by atoms with Gasteiger partial charge in [0.15, 0.2) is 0 Å². The van der Waals surface area contributed by atoms with E-state index < -0.39 is 6.10 Å². The van der Waals surface area contributed by atoms with Gasteiger partial charge in [0.2, 0.25) is 11.8 Å². The number of nitrogens with zero attached hydrogens (tertiary/aromatic N) is 2. The van der Waals surface area contributed by atoms with Crippen LogP contribution in [0.25, 0.3) is 0 Å². The van der Waals surface area contributed by atoms with Crippen LogP contribution in [0, 0.1) is 11.8 Å². The highest BCUT2D eigenvalue weighted by Crippen LogP contribution is 2.32. The molecule has 28 heavy (non-hydrogen) atoms. The topological polar surface area (TPSA) is 74.0 Å². The summed E-state index contributed by atoms with van der Waals surface area (Å²) in [4.78, 5) is 28.7. The van der Waals surface area contributed by atoms with Crippen molar-refractivity contribution in [3.8, 4) is 0 Å². The van der Waals surface area contributed by atoms with Crippen LogP contribution in [0.5, 0.6) is 0 Å². The molecule has 2 saturated heterocycles. The quantitative estimate of drug-likeness (QED) is 0.863. The summed E-state index contributed by atoms with van der Waals surface area (Å²) in [6.45, 7) is 2.14. The molecule has 1 aromatic heterocycles. The van der Waals surface area contributed by atoms with Crippen molar-refractivity contribution < 1.29 is 19.1 Å². The van der Waals surface area contributed by atoms with Gasteiger partial charge in [-0.15, -0.1) is 0 Å². The average Bonchev–Trinajstić information content (AvgIpc) is 3.38. The zero-order valence-electron chi connectivity index (χ0n) is 15.9. The van der Waals surface area contributed by atoms with E-state index in [1.165, 1.54) is 0 Å². The number of piperidine rings is 1. The first-order valence-electron chi connectivity index (χ1n) is 9.94. The largest absolute Gasteiger partial charge is 0.467 e. The van der Waals surface area contributed by atoms with E-state index in [0.717, 1.165) is 24.2 Å². The van der Waals surface area contributed by atoms with Crippen LogP contribution in [0.1, 0.15) is 36.7 Å². The fourth-order valence-electron chi connectivity index (χ4n) is 4.30. The number of amides is 2. The van der Waals surface area contributed by atoms with Gasteiger partial charge in [-0.2, -0.15) is 0 Å². The van der Waals surface area contributed by atoms with Crippen molar-refractivity contribution in [2.24, 2.45) is 11.8 Å². The number of aliphatic hydroxyl groups excluding tert-OH is 1. The molecule has 0 aliphatic carbocycles. The zero-order chi connectivity index (χ0) is 19.5. The number of hydrogen-bond donors (Lipinski definition) is 1. The van der Waals surface area contributed by atoms with E-state index in [1.54, 1.807) is 17.2 Å². The van der Waals surface area contributed by atoms with Gasteiger partial charge in [-0.25, -0.2) is 0 Å². The number of likely N-dealkylation sites (tertiary alicyclic amines) is 2. The molecule has 2 amide bonds. The third kappa shape index (κ3) is 3.97. The van der Waals surface area contributed by atoms with Gasteiger partial charge in [0, 0.05) is 26.1 Å². The number of carbonyl (C=O) groups excluding carboxylic acids is 2. The maximum absolute atomic E-state index is 12.9. The van der Waals surface area contributed by atoms with Crippen molar-refractivity contribution in [1.29, 1.82) is 0 Å². The van der Waals surface area contributed by atoms with Gasteiger partial charge in [0.05, 0.1) is 24.8 Å². The maximum Gasteiger partial charge on any atom is 0.227 e. The molecule has 1 aromatic carbocycles. The summed E-state index contributed by atoms with van der Waals surface area (Å²) >= 11 is 0. The second kappa shape index (κ2) is 8.19. The molecule has 2 aliphatic heterocycles. The van der Waals surface area contributed by atoms with Crippen molar-refractivity contribution >= 4 is 11.8 Å². The normalized spacial score (nSPS) is 21.9. The first-order chi connectivity index (χ1) is 13.6. The van der Waals surface area contributed by atoms with Crippen LogP contribution < -0.4 is 0 Å². The van der Waals surface area contributed by atoms with Crippen molar-refractivity contribution in [2.75, 3.05) is 19.6 Å². The highest BCUT2D eigenvalue weighted by molar-refractivity contribution is 5.89. The summed E-state index contributed by atoms with van der Waals surface area (Å²) in [5.74, 6) is 0.675. The van der Waals surface area contributed by atoms with Crippen LogP contribution in [0.4, 0.5) is 0 Å². The molecule has 3 heterocycles. The Hall–Kier alpha value is -2.60. The van der Waals surface area contributed by atoms with Crippen LogP contribution in [-0.4, -0.2) is 46.4 Å². The second-order valence-electron chi connectivity index (χ2n) is 7.77. The molecular formula is C22H26N2O4. The van der Waals surface area contributed by atoms with Crippen LogP contribution in [0.3, 0.4) is 0 Å². The van der Waals surface area contributed by atoms with Gasteiger partial charge in [0.1, 0.15) is 5.76 Å². The molecule has 2 fully saturated rings. The molecule has 6 nitrogen and oxygen atoms in total. The van der Waals surface area contributed by atoms with Gasteiger partial charge in [-0.3, -0.25) is 9.59 Å². The molecular weight excluding hydrogens is 356 g/mol. The van der Waals surface area contributed by atoms with E-state index in [-0.39, 0.29) is 30.1 Å². The van der Waals surface area contributed by atoms with Crippen molar-refractivity contribution in [3.63, 3.8) is 0 Å². The number of rotatable bonds is 5. The minimum Gasteiger partial charge on any atom is -0.467 e. The van der Waals surface area contributed by atoms with E-state index >= 15 is 0 Å². The lowest BCUT2D eigenvalue weighted by Gasteiger charge is -2.35. The van der Waals surface area contributed by atoms with Gasteiger partial charge in [-0.1, -0.05) is 30.3 Å². The molecule has 0 bridgehead atoms. The number of aliphatic hydroxyl groups is 1. The van der Waals surface area contributed by atoms with Crippen LogP contribution in [-0.2, 0) is 16.1 Å². The summed E-state index contributed by atoms with van der Waals surface area (Å²) < 4.78 is 5.31. The van der Waals surface area contributed by atoms with Crippen molar-refractivity contribution in [3.05, 3.63) is 60.1 Å². The van der Waals surface area contributed by atoms with E-state index in [0.29, 0.717) is 26.2 Å². The number of carbonyl (C=O) groups is 2. The van der Waals surface area contributed by atoms with Crippen LogP contribution >= 0.6 is 0 Å². The summed E-state index contributed by atoms with van der Waals surface area (Å²) in [5.41, 5.74) is 0.933. The van der Waals surface area contributed by atoms with E-state index in [9.17, 15) is 14.7 Å². The number of furan rings is 1. The second-order valence-corrected chi connectivity index (χ2v) is 7.77. The minimum absolute atomic E-state index is 0.00383. The Kier molecular flexibility index (Phi) is 5.48. The molecule has 0 radical (unpaired) electrons. The van der Waals surface area contributed by atoms with Gasteiger partial charge in [-0.05, 0) is 36.5 Å². The van der Waals surface area contributed by atoms with Crippen LogP contribution in [0.15, 0.2) is 53.1 Å². The van der Waals surface area contributed by atoms with Crippen molar-refractivity contribution in [2.45, 2.75) is 31.9 Å². The third-order valence-corrected chi connectivity index (χ3v) is 5.93. The van der Waals surface area contributed by atoms with Crippen molar-refractivity contribution in [1.82, 2.24) is 9.80 Å². The first kappa shape index (κ1) is 18.7. The lowest BCUT2D eigenvalue weighted by atomic mass is 9.87. The Labute approximate surface area is 164 Å². The molecule has 2 aromatic rings. The van der Waals surface area contributed by atoms with E-state index in [2.05, 4.69) is 0 Å². The van der Waals surface area contributed by atoms with E-state index in [1.807, 2.05) is 41.3 Å². The monoisotopic (exact) mass is 382 g/mol. The SMILES string of the molecule is O=C1CC(C(=O)N2CCC(C(O)c3ccccc3)CC2)CN1Cc1ccco1. The standard InChI is InChI=1S/C22H26N2O4/c25-20-13-18(14-24(20)15-19-7-4-12-28-19)22(27)23-10-8-17(9-11-23)21(26)16-5-2-1-3-6-16/h1-7,12,17-18,21,26H,8-11,13-15H2. The average molecular weight is 382 g/mol. The zero-order valence-corrected chi connectivity index (χ0v) is 15.9. The minimum atomic E-state index is -0.490. The highest BCUT2D eigenvalue weighted by Gasteiger charge is 2.38. The summed E-state index contributed by atoms with van der Waals surface area (Å²) in [6, 6.07) is 13.3. The molecule has 0 saturated carbocycles. The third-order valence-electron chi connectivity index (χ3n) is 5.93.